The summed E-state index contributed by atoms with van der Waals surface area (Å²) in [7, 11) is 1.59. The van der Waals surface area contributed by atoms with Crippen LogP contribution >= 0.6 is 0 Å². The van der Waals surface area contributed by atoms with Crippen LogP contribution in [0.3, 0.4) is 0 Å². The highest BCUT2D eigenvalue weighted by atomic mass is 16.5. The van der Waals surface area contributed by atoms with E-state index in [0.29, 0.717) is 19.6 Å². The van der Waals surface area contributed by atoms with Crippen LogP contribution in [0.1, 0.15) is 19.8 Å². The number of hydrazine groups is 1. The van der Waals surface area contributed by atoms with Crippen LogP contribution in [0.4, 0.5) is 0 Å². The number of hydrogen-bond donors (Lipinski definition) is 3. The van der Waals surface area contributed by atoms with Crippen LogP contribution in [0.25, 0.3) is 0 Å². The number of nitrogens with zero attached hydrogens (tertiary/aromatic N) is 1. The minimum atomic E-state index is -0.387. The molecule has 5 N–H and O–H groups in total. The third-order valence-electron chi connectivity index (χ3n) is 1.97. The number of rotatable bonds is 8. The molecule has 0 rings (SSSR count). The van der Waals surface area contributed by atoms with Crippen molar-refractivity contribution in [1.29, 1.82) is 0 Å². The standard InChI is InChI=1S/C10H22N4O3/c1-3-17-10(16)7-14(2)13-9(15)6-8(12)4-5-11/h8H,3-7,11-12H2,1-2H3,(H,13,15)/t8-/m0/s1. The predicted molar refractivity (Wildman–Crippen MR) is 63.7 cm³/mol. The summed E-state index contributed by atoms with van der Waals surface area (Å²) in [5.41, 5.74) is 13.5. The first-order valence-corrected chi connectivity index (χ1v) is 5.61. The van der Waals surface area contributed by atoms with Crippen molar-refractivity contribution in [2.45, 2.75) is 25.8 Å². The van der Waals surface area contributed by atoms with Crippen LogP contribution in [-0.2, 0) is 14.3 Å². The third-order valence-corrected chi connectivity index (χ3v) is 1.97. The van der Waals surface area contributed by atoms with E-state index < -0.39 is 0 Å². The summed E-state index contributed by atoms with van der Waals surface area (Å²) >= 11 is 0. The van der Waals surface area contributed by atoms with Gasteiger partial charge in [-0.3, -0.25) is 15.0 Å². The van der Waals surface area contributed by atoms with Gasteiger partial charge in [-0.25, -0.2) is 5.01 Å². The first kappa shape index (κ1) is 15.8. The van der Waals surface area contributed by atoms with Crippen molar-refractivity contribution in [3.8, 4) is 0 Å². The Morgan fingerprint density at radius 1 is 1.47 bits per heavy atom. The molecular formula is C10H22N4O3. The molecule has 0 spiro atoms. The van der Waals surface area contributed by atoms with Gasteiger partial charge in [0, 0.05) is 19.5 Å². The second-order valence-electron chi connectivity index (χ2n) is 3.74. The molecule has 0 aliphatic carbocycles. The van der Waals surface area contributed by atoms with Crippen LogP contribution in [0, 0.1) is 0 Å². The summed E-state index contributed by atoms with van der Waals surface area (Å²) in [6.07, 6.45) is 0.777. The molecule has 0 radical (unpaired) electrons. The largest absolute Gasteiger partial charge is 0.465 e. The number of carbonyl (C=O) groups excluding carboxylic acids is 2. The average Bonchev–Trinajstić information content (AvgIpc) is 2.16. The Morgan fingerprint density at radius 2 is 2.12 bits per heavy atom. The highest BCUT2D eigenvalue weighted by Crippen LogP contribution is 1.93. The molecule has 0 saturated carbocycles. The Bertz CT molecular complexity index is 248. The fourth-order valence-electron chi connectivity index (χ4n) is 1.25. The van der Waals surface area contributed by atoms with Gasteiger partial charge in [0.15, 0.2) is 0 Å². The maximum Gasteiger partial charge on any atom is 0.322 e. The monoisotopic (exact) mass is 246 g/mol. The number of hydrogen-bond acceptors (Lipinski definition) is 6. The number of ether oxygens (including phenoxy) is 1. The summed E-state index contributed by atoms with van der Waals surface area (Å²) in [4.78, 5) is 22.6. The highest BCUT2D eigenvalue weighted by molar-refractivity contribution is 5.77. The van der Waals surface area contributed by atoms with E-state index in [0.717, 1.165) is 0 Å². The van der Waals surface area contributed by atoms with Crippen LogP contribution in [0.2, 0.25) is 0 Å². The molecular weight excluding hydrogens is 224 g/mol. The van der Waals surface area contributed by atoms with E-state index >= 15 is 0 Å². The van der Waals surface area contributed by atoms with Crippen molar-refractivity contribution in [2.24, 2.45) is 11.5 Å². The molecule has 0 unspecified atom stereocenters. The molecule has 17 heavy (non-hydrogen) atoms. The van der Waals surface area contributed by atoms with Crippen LogP contribution in [0.15, 0.2) is 0 Å². The van der Waals surface area contributed by atoms with Gasteiger partial charge in [0.05, 0.1) is 6.61 Å². The van der Waals surface area contributed by atoms with Gasteiger partial charge in [-0.2, -0.15) is 0 Å². The summed E-state index contributed by atoms with van der Waals surface area (Å²) in [6, 6.07) is -0.254. The van der Waals surface area contributed by atoms with E-state index in [9.17, 15) is 9.59 Å². The first-order chi connectivity index (χ1) is 7.99. The van der Waals surface area contributed by atoms with E-state index in [2.05, 4.69) is 5.43 Å². The molecule has 100 valence electrons. The Labute approximate surface area is 101 Å². The first-order valence-electron chi connectivity index (χ1n) is 5.61. The van der Waals surface area contributed by atoms with Crippen molar-refractivity contribution >= 4 is 11.9 Å². The van der Waals surface area contributed by atoms with Gasteiger partial charge in [-0.05, 0) is 19.9 Å². The van der Waals surface area contributed by atoms with Crippen molar-refractivity contribution in [3.63, 3.8) is 0 Å². The SMILES string of the molecule is CCOC(=O)CN(C)NC(=O)C[C@@H](N)CCN. The molecule has 7 heteroatoms. The number of likely N-dealkylation sites (N-methyl/N-ethyl adjacent to an activating group) is 1. The Hall–Kier alpha value is -1.18. The Kier molecular flexibility index (Phi) is 8.29. The fraction of sp³-hybridized carbons (Fsp3) is 0.800. The van der Waals surface area contributed by atoms with E-state index in [4.69, 9.17) is 16.2 Å². The molecule has 1 atom stereocenters. The van der Waals surface area contributed by atoms with Gasteiger partial charge in [-0.1, -0.05) is 0 Å². The van der Waals surface area contributed by atoms with Crippen molar-refractivity contribution in [3.05, 3.63) is 0 Å². The fourth-order valence-corrected chi connectivity index (χ4v) is 1.25. The topological polar surface area (TPSA) is 111 Å². The van der Waals surface area contributed by atoms with Gasteiger partial charge in [0.1, 0.15) is 6.54 Å². The van der Waals surface area contributed by atoms with Crippen LogP contribution < -0.4 is 16.9 Å². The number of nitrogens with one attached hydrogen (secondary N) is 1. The van der Waals surface area contributed by atoms with E-state index in [1.54, 1.807) is 14.0 Å². The summed E-state index contributed by atoms with van der Waals surface area (Å²) in [5, 5.41) is 1.37. The van der Waals surface area contributed by atoms with Crippen LogP contribution in [-0.4, -0.2) is 49.7 Å². The Morgan fingerprint density at radius 3 is 2.65 bits per heavy atom. The number of esters is 1. The molecule has 0 aliphatic rings. The smallest absolute Gasteiger partial charge is 0.322 e. The zero-order valence-corrected chi connectivity index (χ0v) is 10.4. The predicted octanol–water partition coefficient (Wildman–Crippen LogP) is -1.42. The summed E-state index contributed by atoms with van der Waals surface area (Å²) < 4.78 is 4.74. The molecule has 0 aromatic heterocycles. The minimum absolute atomic E-state index is 0.00566. The zero-order valence-electron chi connectivity index (χ0n) is 10.4. The molecule has 0 aliphatic heterocycles. The van der Waals surface area contributed by atoms with E-state index in [-0.39, 0.29) is 30.9 Å². The number of amides is 1. The normalized spacial score (nSPS) is 12.3. The molecule has 0 fully saturated rings. The lowest BCUT2D eigenvalue weighted by Crippen LogP contribution is -2.44. The maximum atomic E-state index is 11.5. The minimum Gasteiger partial charge on any atom is -0.465 e. The van der Waals surface area contributed by atoms with Crippen molar-refractivity contribution in [2.75, 3.05) is 26.7 Å². The molecule has 0 bridgehead atoms. The molecule has 0 aromatic rings. The van der Waals surface area contributed by atoms with E-state index in [1.807, 2.05) is 0 Å². The van der Waals surface area contributed by atoms with E-state index in [1.165, 1.54) is 5.01 Å². The van der Waals surface area contributed by atoms with Crippen molar-refractivity contribution in [1.82, 2.24) is 10.4 Å². The second kappa shape index (κ2) is 8.91. The second-order valence-corrected chi connectivity index (χ2v) is 3.74. The van der Waals surface area contributed by atoms with Gasteiger partial charge >= 0.3 is 5.97 Å². The number of carbonyl (C=O) groups is 2. The highest BCUT2D eigenvalue weighted by Gasteiger charge is 2.12. The van der Waals surface area contributed by atoms with Gasteiger partial charge in [0.25, 0.3) is 0 Å². The maximum absolute atomic E-state index is 11.5. The van der Waals surface area contributed by atoms with Gasteiger partial charge < -0.3 is 16.2 Å². The lowest BCUT2D eigenvalue weighted by molar-refractivity contribution is -0.145. The lowest BCUT2D eigenvalue weighted by atomic mass is 10.1. The van der Waals surface area contributed by atoms with Crippen molar-refractivity contribution < 1.29 is 14.3 Å². The van der Waals surface area contributed by atoms with Gasteiger partial charge in [-0.15, -0.1) is 0 Å². The zero-order chi connectivity index (χ0) is 13.3. The molecule has 1 amide bonds. The summed E-state index contributed by atoms with van der Waals surface area (Å²) in [5.74, 6) is -0.626. The third kappa shape index (κ3) is 8.61. The van der Waals surface area contributed by atoms with Crippen LogP contribution in [0.5, 0.6) is 0 Å². The molecule has 0 heterocycles. The number of nitrogens with two attached hydrogens (primary N) is 2. The van der Waals surface area contributed by atoms with Gasteiger partial charge in [0.2, 0.25) is 5.91 Å². The molecule has 0 saturated heterocycles. The quantitative estimate of drug-likeness (QED) is 0.358. The molecule has 0 aromatic carbocycles. The molecule has 7 nitrogen and oxygen atoms in total. The average molecular weight is 246 g/mol. The Balaban J connectivity index is 3.83. The summed E-state index contributed by atoms with van der Waals surface area (Å²) in [6.45, 7) is 2.50. The lowest BCUT2D eigenvalue weighted by Gasteiger charge is -2.18.